The van der Waals surface area contributed by atoms with Gasteiger partial charge in [-0.25, -0.2) is 4.79 Å². The average molecular weight is 326 g/mol. The third-order valence-corrected chi connectivity index (χ3v) is 4.85. The van der Waals surface area contributed by atoms with Gasteiger partial charge in [-0.2, -0.15) is 0 Å². The van der Waals surface area contributed by atoms with Crippen molar-refractivity contribution in [3.8, 4) is 0 Å². The quantitative estimate of drug-likeness (QED) is 0.488. The van der Waals surface area contributed by atoms with Crippen LogP contribution in [-0.4, -0.2) is 36.6 Å². The molecule has 1 rings (SSSR count). The van der Waals surface area contributed by atoms with Crippen molar-refractivity contribution >= 4 is 11.9 Å². The van der Waals surface area contributed by atoms with Crippen LogP contribution in [0.2, 0.25) is 0 Å². The Bertz CT molecular complexity index is 364. The van der Waals surface area contributed by atoms with Crippen LogP contribution >= 0.6 is 0 Å². The van der Waals surface area contributed by atoms with E-state index in [4.69, 9.17) is 5.73 Å². The molecule has 0 aliphatic heterocycles. The number of rotatable bonds is 9. The number of hydrogen-bond donors (Lipinski definition) is 4. The van der Waals surface area contributed by atoms with Gasteiger partial charge in [0.15, 0.2) is 0 Å². The van der Waals surface area contributed by atoms with Gasteiger partial charge >= 0.3 is 6.03 Å². The minimum absolute atomic E-state index is 0.00351. The molecule has 0 spiro atoms. The number of hydrogen-bond acceptors (Lipinski definition) is 3. The molecule has 3 amide bonds. The molecule has 1 fully saturated rings. The van der Waals surface area contributed by atoms with Crippen LogP contribution in [0, 0.1) is 0 Å². The number of urea groups is 1. The summed E-state index contributed by atoms with van der Waals surface area (Å²) >= 11 is 0. The first-order valence-electron chi connectivity index (χ1n) is 9.09. The van der Waals surface area contributed by atoms with Crippen molar-refractivity contribution in [2.24, 2.45) is 5.73 Å². The monoisotopic (exact) mass is 326 g/mol. The Morgan fingerprint density at radius 3 is 2.35 bits per heavy atom. The summed E-state index contributed by atoms with van der Waals surface area (Å²) in [5.41, 5.74) is 5.84. The molecule has 0 saturated heterocycles. The molecule has 134 valence electrons. The molecule has 1 saturated carbocycles. The van der Waals surface area contributed by atoms with Gasteiger partial charge in [-0.3, -0.25) is 4.79 Å². The molecule has 5 N–H and O–H groups in total. The summed E-state index contributed by atoms with van der Waals surface area (Å²) in [4.78, 5) is 23.5. The summed E-state index contributed by atoms with van der Waals surface area (Å²) in [6, 6.07) is 0.197. The molecular formula is C17H34N4O2. The summed E-state index contributed by atoms with van der Waals surface area (Å²) < 4.78 is 0. The minimum Gasteiger partial charge on any atom is -0.354 e. The number of carbonyl (C=O) groups excluding carboxylic acids is 2. The van der Waals surface area contributed by atoms with Crippen molar-refractivity contribution in [2.45, 2.75) is 83.2 Å². The summed E-state index contributed by atoms with van der Waals surface area (Å²) in [6.07, 6.45) is 8.55. The highest BCUT2D eigenvalue weighted by molar-refractivity contribution is 5.76. The first kappa shape index (κ1) is 19.7. The lowest BCUT2D eigenvalue weighted by Crippen LogP contribution is -2.49. The Morgan fingerprint density at radius 1 is 1.09 bits per heavy atom. The number of amides is 3. The lowest BCUT2D eigenvalue weighted by molar-refractivity contribution is -0.121. The Hall–Kier alpha value is -1.30. The molecule has 0 aromatic carbocycles. The second kappa shape index (κ2) is 10.5. The van der Waals surface area contributed by atoms with E-state index in [-0.39, 0.29) is 17.5 Å². The molecule has 6 heteroatoms. The van der Waals surface area contributed by atoms with Gasteiger partial charge in [0.2, 0.25) is 5.91 Å². The van der Waals surface area contributed by atoms with E-state index >= 15 is 0 Å². The zero-order valence-corrected chi connectivity index (χ0v) is 14.7. The molecule has 0 aromatic rings. The highest BCUT2D eigenvalue weighted by atomic mass is 16.2. The third-order valence-electron chi connectivity index (χ3n) is 4.85. The Labute approximate surface area is 140 Å². The van der Waals surface area contributed by atoms with Gasteiger partial charge in [0.1, 0.15) is 0 Å². The van der Waals surface area contributed by atoms with Crippen LogP contribution in [0.4, 0.5) is 4.79 Å². The maximum absolute atomic E-state index is 11.8. The smallest absolute Gasteiger partial charge is 0.315 e. The Kier molecular flexibility index (Phi) is 8.99. The van der Waals surface area contributed by atoms with E-state index in [2.05, 4.69) is 16.0 Å². The van der Waals surface area contributed by atoms with Crippen LogP contribution in [0.1, 0.15) is 71.6 Å². The van der Waals surface area contributed by atoms with Crippen molar-refractivity contribution in [3.05, 3.63) is 0 Å². The van der Waals surface area contributed by atoms with E-state index in [9.17, 15) is 9.59 Å². The van der Waals surface area contributed by atoms with Crippen molar-refractivity contribution < 1.29 is 9.59 Å². The van der Waals surface area contributed by atoms with Gasteiger partial charge in [0, 0.05) is 31.1 Å². The molecule has 1 aliphatic rings. The number of nitrogens with one attached hydrogen (secondary N) is 3. The average Bonchev–Trinajstić information content (AvgIpc) is 2.57. The van der Waals surface area contributed by atoms with E-state index in [0.29, 0.717) is 32.0 Å². The van der Waals surface area contributed by atoms with Crippen LogP contribution < -0.4 is 21.7 Å². The maximum Gasteiger partial charge on any atom is 0.315 e. The summed E-state index contributed by atoms with van der Waals surface area (Å²) in [6.45, 7) is 5.09. The van der Waals surface area contributed by atoms with E-state index in [1.807, 2.05) is 13.8 Å². The largest absolute Gasteiger partial charge is 0.354 e. The van der Waals surface area contributed by atoms with Gasteiger partial charge in [0.25, 0.3) is 0 Å². The van der Waals surface area contributed by atoms with Crippen molar-refractivity contribution in [2.75, 3.05) is 13.1 Å². The molecular weight excluding hydrogens is 292 g/mol. The van der Waals surface area contributed by atoms with Gasteiger partial charge in [-0.05, 0) is 32.1 Å². The molecule has 0 aromatic heterocycles. The second-order valence-corrected chi connectivity index (χ2v) is 6.68. The lowest BCUT2D eigenvalue weighted by Gasteiger charge is -2.26. The first-order chi connectivity index (χ1) is 11.0. The lowest BCUT2D eigenvalue weighted by atomic mass is 9.94. The van der Waals surface area contributed by atoms with Gasteiger partial charge in [-0.15, -0.1) is 0 Å². The fourth-order valence-corrected chi connectivity index (χ4v) is 2.80. The topological polar surface area (TPSA) is 96.2 Å². The highest BCUT2D eigenvalue weighted by Gasteiger charge is 2.20. The molecule has 0 unspecified atom stereocenters. The molecule has 0 bridgehead atoms. The van der Waals surface area contributed by atoms with Crippen LogP contribution in [0.25, 0.3) is 0 Å². The van der Waals surface area contributed by atoms with Gasteiger partial charge < -0.3 is 21.7 Å². The van der Waals surface area contributed by atoms with Gasteiger partial charge in [0.05, 0.1) is 0 Å². The fraction of sp³-hybridized carbons (Fsp3) is 0.882. The third kappa shape index (κ3) is 8.21. The summed E-state index contributed by atoms with van der Waals surface area (Å²) in [5, 5.41) is 8.71. The maximum atomic E-state index is 11.8. The van der Waals surface area contributed by atoms with Crippen LogP contribution in [0.3, 0.4) is 0 Å². The van der Waals surface area contributed by atoms with Crippen molar-refractivity contribution in [3.63, 3.8) is 0 Å². The van der Waals surface area contributed by atoms with Crippen molar-refractivity contribution in [1.29, 1.82) is 0 Å². The predicted molar refractivity (Wildman–Crippen MR) is 93.2 cm³/mol. The van der Waals surface area contributed by atoms with Gasteiger partial charge in [-0.1, -0.05) is 33.1 Å². The first-order valence-corrected chi connectivity index (χ1v) is 9.09. The molecule has 0 atom stereocenters. The van der Waals surface area contributed by atoms with Crippen molar-refractivity contribution in [1.82, 2.24) is 16.0 Å². The second-order valence-electron chi connectivity index (χ2n) is 6.68. The zero-order valence-electron chi connectivity index (χ0n) is 14.7. The number of carbonyl (C=O) groups is 2. The van der Waals surface area contributed by atoms with E-state index < -0.39 is 0 Å². The SMILES string of the molecule is CCC(N)(CC)CNC(=O)CCCNC(=O)NC1CCCCC1. The van der Waals surface area contributed by atoms with Crippen LogP contribution in [0.15, 0.2) is 0 Å². The van der Waals surface area contributed by atoms with Crippen LogP contribution in [-0.2, 0) is 4.79 Å². The number of nitrogens with two attached hydrogens (primary N) is 1. The van der Waals surface area contributed by atoms with E-state index in [0.717, 1.165) is 25.7 Å². The van der Waals surface area contributed by atoms with Crippen LogP contribution in [0.5, 0.6) is 0 Å². The minimum atomic E-state index is -0.312. The highest BCUT2D eigenvalue weighted by Crippen LogP contribution is 2.17. The Balaban J connectivity index is 2.07. The molecule has 23 heavy (non-hydrogen) atoms. The summed E-state index contributed by atoms with van der Waals surface area (Å²) in [7, 11) is 0. The van der Waals surface area contributed by atoms with E-state index in [1.165, 1.54) is 19.3 Å². The summed E-state index contributed by atoms with van der Waals surface area (Å²) in [5.74, 6) is -0.00351. The fourth-order valence-electron chi connectivity index (χ4n) is 2.80. The standard InChI is InChI=1S/C17H34N4O2/c1-3-17(18,4-2)13-20-15(22)11-8-12-19-16(23)21-14-9-6-5-7-10-14/h14H,3-13,18H2,1-2H3,(H,20,22)(H2,19,21,23). The molecule has 0 heterocycles. The normalized spacial score (nSPS) is 16.0. The molecule has 6 nitrogen and oxygen atoms in total. The molecule has 1 aliphatic carbocycles. The zero-order chi connectivity index (χ0) is 17.1. The predicted octanol–water partition coefficient (Wildman–Crippen LogP) is 2.03. The van der Waals surface area contributed by atoms with E-state index in [1.54, 1.807) is 0 Å². The molecule has 0 radical (unpaired) electrons. The Morgan fingerprint density at radius 2 is 1.74 bits per heavy atom.